The van der Waals surface area contributed by atoms with Crippen molar-refractivity contribution in [2.45, 2.75) is 39.7 Å². The number of hydrogen-bond acceptors (Lipinski definition) is 6. The number of aryl methyl sites for hydroxylation is 2. The van der Waals surface area contributed by atoms with Gasteiger partial charge in [-0.1, -0.05) is 24.2 Å². The number of aromatic nitrogens is 3. The molecule has 28 heavy (non-hydrogen) atoms. The molecule has 0 aliphatic carbocycles. The minimum absolute atomic E-state index is 0.562. The second-order valence-electron chi connectivity index (χ2n) is 6.43. The minimum Gasteiger partial charge on any atom is -0.356 e. The number of nitrogens with one attached hydrogen (secondary N) is 2. The Morgan fingerprint density at radius 1 is 1.25 bits per heavy atom. The monoisotopic (exact) mass is 398 g/mol. The molecule has 0 atom stereocenters. The number of aliphatic imine (C=N–C) groups is 1. The molecule has 3 rings (SSSR count). The molecule has 0 saturated heterocycles. The quantitative estimate of drug-likeness (QED) is 0.447. The van der Waals surface area contributed by atoms with Crippen LogP contribution < -0.4 is 10.6 Å². The van der Waals surface area contributed by atoms with Crippen molar-refractivity contribution in [3.05, 3.63) is 51.7 Å². The molecule has 2 heterocycles. The zero-order valence-corrected chi connectivity index (χ0v) is 17.3. The first-order valence-electron chi connectivity index (χ1n) is 9.45. The molecule has 0 saturated carbocycles. The van der Waals surface area contributed by atoms with Gasteiger partial charge >= 0.3 is 0 Å². The van der Waals surface area contributed by atoms with Crippen LogP contribution in [0.4, 0.5) is 0 Å². The maximum absolute atomic E-state index is 5.38. The van der Waals surface area contributed by atoms with Gasteiger partial charge in [0, 0.05) is 49.6 Å². The second kappa shape index (κ2) is 9.98. The van der Waals surface area contributed by atoms with E-state index in [1.54, 1.807) is 18.4 Å². The van der Waals surface area contributed by atoms with Crippen molar-refractivity contribution in [1.82, 2.24) is 25.8 Å². The summed E-state index contributed by atoms with van der Waals surface area (Å²) in [5.41, 5.74) is 2.04. The van der Waals surface area contributed by atoms with Crippen molar-refractivity contribution >= 4 is 17.3 Å². The number of guanidine groups is 1. The largest absolute Gasteiger partial charge is 0.356 e. The summed E-state index contributed by atoms with van der Waals surface area (Å²) in [5.74, 6) is 2.08. The molecule has 0 bridgehead atoms. The first-order valence-corrected chi connectivity index (χ1v) is 10.3. The molecule has 0 spiro atoms. The predicted molar refractivity (Wildman–Crippen MR) is 112 cm³/mol. The van der Waals surface area contributed by atoms with Crippen LogP contribution in [0.1, 0.15) is 34.6 Å². The fraction of sp³-hybridized carbons (Fsp3) is 0.400. The first kappa shape index (κ1) is 20.0. The van der Waals surface area contributed by atoms with Crippen LogP contribution in [-0.2, 0) is 19.4 Å². The maximum Gasteiger partial charge on any atom is 0.257 e. The molecular weight excluding hydrogens is 372 g/mol. The molecule has 7 nitrogen and oxygen atoms in total. The first-order chi connectivity index (χ1) is 13.7. The Labute approximate surface area is 169 Å². The molecule has 148 valence electrons. The molecule has 0 fully saturated rings. The summed E-state index contributed by atoms with van der Waals surface area (Å²) in [4.78, 5) is 14.4. The van der Waals surface area contributed by atoms with E-state index < -0.39 is 0 Å². The molecule has 0 unspecified atom stereocenters. The van der Waals surface area contributed by atoms with Gasteiger partial charge in [-0.2, -0.15) is 4.98 Å². The molecular formula is C20H26N6OS. The normalized spacial score (nSPS) is 11.6. The molecule has 0 amide bonds. The van der Waals surface area contributed by atoms with Crippen LogP contribution in [0.2, 0.25) is 0 Å². The number of thiazole rings is 1. The molecule has 0 aliphatic heterocycles. The number of nitrogens with zero attached hydrogens (tertiary/aromatic N) is 4. The van der Waals surface area contributed by atoms with E-state index in [9.17, 15) is 0 Å². The van der Waals surface area contributed by atoms with Crippen LogP contribution >= 0.6 is 11.3 Å². The fourth-order valence-electron chi connectivity index (χ4n) is 2.72. The van der Waals surface area contributed by atoms with E-state index in [1.165, 1.54) is 4.88 Å². The summed E-state index contributed by atoms with van der Waals surface area (Å²) in [7, 11) is 1.77. The highest BCUT2D eigenvalue weighted by molar-refractivity contribution is 7.11. The highest BCUT2D eigenvalue weighted by Crippen LogP contribution is 2.19. The summed E-state index contributed by atoms with van der Waals surface area (Å²) >= 11 is 1.73. The van der Waals surface area contributed by atoms with Gasteiger partial charge in [-0.3, -0.25) is 4.99 Å². The van der Waals surface area contributed by atoms with E-state index in [4.69, 9.17) is 4.52 Å². The minimum atomic E-state index is 0.562. The summed E-state index contributed by atoms with van der Waals surface area (Å²) in [6.45, 7) is 5.61. The van der Waals surface area contributed by atoms with Gasteiger partial charge in [0.1, 0.15) is 0 Å². The number of rotatable bonds is 8. The van der Waals surface area contributed by atoms with Crippen molar-refractivity contribution in [3.8, 4) is 11.5 Å². The molecule has 3 aromatic rings. The van der Waals surface area contributed by atoms with E-state index >= 15 is 0 Å². The van der Waals surface area contributed by atoms with Crippen molar-refractivity contribution in [2.75, 3.05) is 13.6 Å². The predicted octanol–water partition coefficient (Wildman–Crippen LogP) is 3.36. The highest BCUT2D eigenvalue weighted by Gasteiger charge is 2.09. The molecule has 2 aromatic heterocycles. The Morgan fingerprint density at radius 3 is 2.89 bits per heavy atom. The third-order valence-corrected chi connectivity index (χ3v) is 5.07. The van der Waals surface area contributed by atoms with Crippen molar-refractivity contribution in [2.24, 2.45) is 4.99 Å². The molecule has 2 N–H and O–H groups in total. The molecule has 0 aliphatic rings. The van der Waals surface area contributed by atoms with Crippen LogP contribution in [-0.4, -0.2) is 34.7 Å². The maximum atomic E-state index is 5.38. The van der Waals surface area contributed by atoms with Crippen LogP contribution in [0.15, 0.2) is 40.0 Å². The fourth-order valence-corrected chi connectivity index (χ4v) is 3.51. The standard InChI is InChI=1S/C20H26N6OS/c1-4-6-17-25-19(27-26-17)16-8-5-7-15(11-16)13-24-20(21-3)22-10-9-18-23-12-14(2)28-18/h5,7-8,11-12H,4,6,9-10,13H2,1-3H3,(H2,21,22,24). The zero-order valence-electron chi connectivity index (χ0n) is 16.5. The summed E-state index contributed by atoms with van der Waals surface area (Å²) in [6.07, 6.45) is 4.62. The Kier molecular flexibility index (Phi) is 7.13. The Morgan fingerprint density at radius 2 is 2.14 bits per heavy atom. The van der Waals surface area contributed by atoms with Crippen LogP contribution in [0.3, 0.4) is 0 Å². The molecule has 0 radical (unpaired) electrons. The third-order valence-electron chi connectivity index (χ3n) is 4.10. The lowest BCUT2D eigenvalue weighted by Crippen LogP contribution is -2.37. The average molecular weight is 399 g/mol. The van der Waals surface area contributed by atoms with E-state index in [-0.39, 0.29) is 0 Å². The van der Waals surface area contributed by atoms with Gasteiger partial charge in [-0.25, -0.2) is 4.98 Å². The Bertz CT molecular complexity index is 917. The van der Waals surface area contributed by atoms with Crippen LogP contribution in [0.25, 0.3) is 11.5 Å². The molecule has 1 aromatic carbocycles. The van der Waals surface area contributed by atoms with Gasteiger partial charge in [0.2, 0.25) is 0 Å². The topological polar surface area (TPSA) is 88.2 Å². The Balaban J connectivity index is 1.52. The SMILES string of the molecule is CCCc1noc(-c2cccc(CNC(=NC)NCCc3ncc(C)s3)c2)n1. The lowest BCUT2D eigenvalue weighted by molar-refractivity contribution is 0.422. The zero-order chi connectivity index (χ0) is 19.8. The van der Waals surface area contributed by atoms with Gasteiger partial charge in [0.15, 0.2) is 11.8 Å². The second-order valence-corrected chi connectivity index (χ2v) is 7.75. The van der Waals surface area contributed by atoms with Crippen LogP contribution in [0, 0.1) is 6.92 Å². The van der Waals surface area contributed by atoms with Gasteiger partial charge in [-0.05, 0) is 31.0 Å². The van der Waals surface area contributed by atoms with E-state index in [0.717, 1.165) is 53.7 Å². The lowest BCUT2D eigenvalue weighted by atomic mass is 10.1. The average Bonchev–Trinajstić information content (AvgIpc) is 3.34. The summed E-state index contributed by atoms with van der Waals surface area (Å²) in [6, 6.07) is 8.10. The Hall–Kier alpha value is -2.74. The third kappa shape index (κ3) is 5.63. The smallest absolute Gasteiger partial charge is 0.257 e. The van der Waals surface area contributed by atoms with Gasteiger partial charge in [-0.15, -0.1) is 11.3 Å². The summed E-state index contributed by atoms with van der Waals surface area (Å²) in [5, 5.41) is 11.8. The van der Waals surface area contributed by atoms with Gasteiger partial charge in [0.25, 0.3) is 5.89 Å². The van der Waals surface area contributed by atoms with Gasteiger partial charge < -0.3 is 15.2 Å². The van der Waals surface area contributed by atoms with Gasteiger partial charge in [0.05, 0.1) is 5.01 Å². The highest BCUT2D eigenvalue weighted by atomic mass is 32.1. The van der Waals surface area contributed by atoms with Crippen LogP contribution in [0.5, 0.6) is 0 Å². The van der Waals surface area contributed by atoms with Crippen molar-refractivity contribution < 1.29 is 4.52 Å². The van der Waals surface area contributed by atoms with Crippen molar-refractivity contribution in [3.63, 3.8) is 0 Å². The van der Waals surface area contributed by atoms with Crippen molar-refractivity contribution in [1.29, 1.82) is 0 Å². The molecule has 8 heteroatoms. The summed E-state index contributed by atoms with van der Waals surface area (Å²) < 4.78 is 5.38. The lowest BCUT2D eigenvalue weighted by Gasteiger charge is -2.11. The van der Waals surface area contributed by atoms with E-state index in [0.29, 0.717) is 12.4 Å². The van der Waals surface area contributed by atoms with E-state index in [1.807, 2.05) is 18.3 Å². The number of benzene rings is 1. The van der Waals surface area contributed by atoms with E-state index in [2.05, 4.69) is 56.7 Å². The number of hydrogen-bond donors (Lipinski definition) is 2.